The molecule has 1 aromatic rings. The number of hydrogen-bond donors (Lipinski definition) is 1. The van der Waals surface area contributed by atoms with E-state index in [1.165, 1.54) is 44.9 Å². The maximum Gasteiger partial charge on any atom is 0.129 e. The minimum absolute atomic E-state index is 0.576. The van der Waals surface area contributed by atoms with Gasteiger partial charge in [-0.25, -0.2) is 4.98 Å². The number of halogens is 1. The largest absolute Gasteiger partial charge is 0.381 e. The Hall–Kier alpha value is -0.760. The van der Waals surface area contributed by atoms with Crippen LogP contribution in [0, 0.1) is 12.8 Å². The summed E-state index contributed by atoms with van der Waals surface area (Å²) < 4.78 is 0. The van der Waals surface area contributed by atoms with Crippen LogP contribution in [0.3, 0.4) is 0 Å². The lowest BCUT2D eigenvalue weighted by Gasteiger charge is -2.19. The summed E-state index contributed by atoms with van der Waals surface area (Å²) in [5.74, 6) is 0.946. The molecular formula is C16H25ClN2. The molecule has 1 aromatic heterocycles. The van der Waals surface area contributed by atoms with E-state index in [1.54, 1.807) is 0 Å². The smallest absolute Gasteiger partial charge is 0.129 e. The Morgan fingerprint density at radius 1 is 1.26 bits per heavy atom. The van der Waals surface area contributed by atoms with E-state index in [0.29, 0.717) is 11.2 Å². The van der Waals surface area contributed by atoms with Crippen molar-refractivity contribution < 1.29 is 0 Å². The van der Waals surface area contributed by atoms with Crippen molar-refractivity contribution in [3.63, 3.8) is 0 Å². The number of nitrogens with one attached hydrogen (secondary N) is 1. The average Bonchev–Trinajstić information content (AvgIpc) is 2.59. The molecule has 0 radical (unpaired) electrons. The Labute approximate surface area is 122 Å². The van der Waals surface area contributed by atoms with Crippen LogP contribution in [0.4, 0.5) is 5.69 Å². The van der Waals surface area contributed by atoms with Gasteiger partial charge in [0.2, 0.25) is 0 Å². The Morgan fingerprint density at radius 3 is 2.84 bits per heavy atom. The summed E-state index contributed by atoms with van der Waals surface area (Å²) in [6.07, 6.45) is 9.41. The molecule has 0 bridgehead atoms. The molecule has 0 spiro atoms. The van der Waals surface area contributed by atoms with E-state index in [4.69, 9.17) is 11.6 Å². The van der Waals surface area contributed by atoms with Gasteiger partial charge < -0.3 is 5.32 Å². The second-order valence-corrected chi connectivity index (χ2v) is 6.16. The summed E-state index contributed by atoms with van der Waals surface area (Å²) in [5, 5.41) is 4.23. The Balaban J connectivity index is 1.92. The predicted molar refractivity (Wildman–Crippen MR) is 82.9 cm³/mol. The monoisotopic (exact) mass is 280 g/mol. The summed E-state index contributed by atoms with van der Waals surface area (Å²) in [6.45, 7) is 4.31. The van der Waals surface area contributed by atoms with Crippen LogP contribution < -0.4 is 5.32 Å². The molecule has 0 aliphatic heterocycles. The quantitative estimate of drug-likeness (QED) is 0.605. The van der Waals surface area contributed by atoms with Crippen LogP contribution in [-0.2, 0) is 0 Å². The lowest BCUT2D eigenvalue weighted by atomic mass is 9.95. The summed E-state index contributed by atoms with van der Waals surface area (Å²) >= 11 is 5.90. The highest BCUT2D eigenvalue weighted by Crippen LogP contribution is 2.29. The van der Waals surface area contributed by atoms with Gasteiger partial charge in [-0.3, -0.25) is 0 Å². The van der Waals surface area contributed by atoms with Crippen LogP contribution in [-0.4, -0.2) is 11.0 Å². The lowest BCUT2D eigenvalue weighted by molar-refractivity contribution is 0.422. The molecule has 2 nitrogen and oxygen atoms in total. The van der Waals surface area contributed by atoms with Crippen LogP contribution in [0.1, 0.15) is 57.6 Å². The molecule has 2 atom stereocenters. The van der Waals surface area contributed by atoms with Gasteiger partial charge in [0.05, 0.1) is 11.4 Å². The van der Waals surface area contributed by atoms with Gasteiger partial charge >= 0.3 is 0 Å². The number of aromatic nitrogens is 1. The lowest BCUT2D eigenvalue weighted by Crippen LogP contribution is -2.19. The molecule has 1 N–H and O–H groups in total. The van der Waals surface area contributed by atoms with Crippen molar-refractivity contribution in [1.82, 2.24) is 4.98 Å². The van der Waals surface area contributed by atoms with E-state index in [2.05, 4.69) is 23.3 Å². The van der Waals surface area contributed by atoms with E-state index in [9.17, 15) is 0 Å². The molecule has 1 heterocycles. The molecule has 2 unspecified atom stereocenters. The molecule has 3 heteroatoms. The van der Waals surface area contributed by atoms with Crippen LogP contribution in [0.25, 0.3) is 0 Å². The summed E-state index contributed by atoms with van der Waals surface area (Å²) in [5.41, 5.74) is 2.14. The van der Waals surface area contributed by atoms with Gasteiger partial charge in [-0.1, -0.05) is 44.2 Å². The zero-order valence-corrected chi connectivity index (χ0v) is 12.8. The fraction of sp³-hybridized carbons (Fsp3) is 0.688. The molecular weight excluding hydrogens is 256 g/mol. The van der Waals surface area contributed by atoms with Crippen LogP contribution in [0.15, 0.2) is 12.1 Å². The number of aryl methyl sites for hydroxylation is 1. The summed E-state index contributed by atoms with van der Waals surface area (Å²) in [7, 11) is 0. The molecule has 106 valence electrons. The highest BCUT2D eigenvalue weighted by Gasteiger charge is 2.18. The Morgan fingerprint density at radius 2 is 2.11 bits per heavy atom. The Kier molecular flexibility index (Phi) is 5.50. The molecule has 2 rings (SSSR count). The van der Waals surface area contributed by atoms with Gasteiger partial charge in [-0.05, 0) is 44.2 Å². The topological polar surface area (TPSA) is 24.9 Å². The SMILES string of the molecule is CCCC1CCCC(Nc2ccc(Cl)nc2C)CC1. The van der Waals surface area contributed by atoms with Crippen molar-refractivity contribution in [2.75, 3.05) is 5.32 Å². The molecule has 1 saturated carbocycles. The average molecular weight is 281 g/mol. The van der Waals surface area contributed by atoms with Crippen molar-refractivity contribution in [2.24, 2.45) is 5.92 Å². The minimum Gasteiger partial charge on any atom is -0.381 e. The van der Waals surface area contributed by atoms with E-state index in [1.807, 2.05) is 13.0 Å². The van der Waals surface area contributed by atoms with Gasteiger partial charge in [-0.15, -0.1) is 0 Å². The van der Waals surface area contributed by atoms with E-state index >= 15 is 0 Å². The van der Waals surface area contributed by atoms with Crippen molar-refractivity contribution in [2.45, 2.75) is 64.8 Å². The zero-order valence-electron chi connectivity index (χ0n) is 12.1. The predicted octanol–water partition coefficient (Wildman–Crippen LogP) is 5.20. The van der Waals surface area contributed by atoms with Crippen molar-refractivity contribution >= 4 is 17.3 Å². The third-order valence-electron chi connectivity index (χ3n) is 4.20. The summed E-state index contributed by atoms with van der Waals surface area (Å²) in [6, 6.07) is 4.52. The number of rotatable bonds is 4. The minimum atomic E-state index is 0.576. The van der Waals surface area contributed by atoms with E-state index in [-0.39, 0.29) is 0 Å². The third kappa shape index (κ3) is 4.38. The first-order valence-corrected chi connectivity index (χ1v) is 7.96. The number of nitrogens with zero attached hydrogens (tertiary/aromatic N) is 1. The van der Waals surface area contributed by atoms with E-state index < -0.39 is 0 Å². The highest BCUT2D eigenvalue weighted by atomic mass is 35.5. The molecule has 0 aromatic carbocycles. The number of hydrogen-bond acceptors (Lipinski definition) is 2. The van der Waals surface area contributed by atoms with Gasteiger partial charge in [0.1, 0.15) is 5.15 Å². The highest BCUT2D eigenvalue weighted by molar-refractivity contribution is 6.29. The Bertz CT molecular complexity index is 406. The number of anilines is 1. The fourth-order valence-electron chi connectivity index (χ4n) is 3.12. The second kappa shape index (κ2) is 7.14. The molecule has 0 saturated heterocycles. The molecule has 19 heavy (non-hydrogen) atoms. The number of pyridine rings is 1. The maximum atomic E-state index is 5.90. The van der Waals surface area contributed by atoms with Crippen molar-refractivity contribution in [3.8, 4) is 0 Å². The first kappa shape index (κ1) is 14.6. The van der Waals surface area contributed by atoms with E-state index in [0.717, 1.165) is 17.3 Å². The zero-order chi connectivity index (χ0) is 13.7. The van der Waals surface area contributed by atoms with Crippen LogP contribution in [0.2, 0.25) is 5.15 Å². The van der Waals surface area contributed by atoms with Crippen LogP contribution in [0.5, 0.6) is 0 Å². The van der Waals surface area contributed by atoms with Gasteiger partial charge in [-0.2, -0.15) is 0 Å². The normalized spacial score (nSPS) is 23.9. The van der Waals surface area contributed by atoms with Gasteiger partial charge in [0.15, 0.2) is 0 Å². The fourth-order valence-corrected chi connectivity index (χ4v) is 3.31. The standard InChI is InChI=1S/C16H25ClN2/c1-3-5-13-6-4-7-14(9-8-13)19-15-10-11-16(17)18-12(15)2/h10-11,13-14,19H,3-9H2,1-2H3. The third-order valence-corrected chi connectivity index (χ3v) is 4.41. The first-order chi connectivity index (χ1) is 9.19. The molecule has 1 aliphatic carbocycles. The van der Waals surface area contributed by atoms with Gasteiger partial charge in [0.25, 0.3) is 0 Å². The summed E-state index contributed by atoms with van der Waals surface area (Å²) in [4.78, 5) is 4.31. The molecule has 1 fully saturated rings. The van der Waals surface area contributed by atoms with Crippen molar-refractivity contribution in [1.29, 1.82) is 0 Å². The molecule has 0 amide bonds. The van der Waals surface area contributed by atoms with Crippen LogP contribution >= 0.6 is 11.6 Å². The second-order valence-electron chi connectivity index (χ2n) is 5.77. The first-order valence-electron chi connectivity index (χ1n) is 7.58. The molecule has 1 aliphatic rings. The maximum absolute atomic E-state index is 5.90. The van der Waals surface area contributed by atoms with Crippen molar-refractivity contribution in [3.05, 3.63) is 23.0 Å². The van der Waals surface area contributed by atoms with Gasteiger partial charge in [0, 0.05) is 6.04 Å².